The Kier molecular flexibility index (Phi) is 2.11. The molecule has 3 aliphatic carbocycles. The van der Waals surface area contributed by atoms with Crippen molar-refractivity contribution in [2.24, 2.45) is 0 Å². The second-order valence-corrected chi connectivity index (χ2v) is 6.58. The second-order valence-electron chi connectivity index (χ2n) is 5.91. The molecule has 0 amide bonds. The van der Waals surface area contributed by atoms with Crippen molar-refractivity contribution in [3.63, 3.8) is 0 Å². The fourth-order valence-electron chi connectivity index (χ4n) is 4.17. The fraction of sp³-hybridized carbons (Fsp3) is 0.100. The van der Waals surface area contributed by atoms with E-state index in [1.807, 2.05) is 0 Å². The van der Waals surface area contributed by atoms with Crippen molar-refractivity contribution in [1.29, 1.82) is 0 Å². The van der Waals surface area contributed by atoms with E-state index in [0.717, 1.165) is 0 Å². The van der Waals surface area contributed by atoms with E-state index in [1.54, 1.807) is 0 Å². The molecule has 0 nitrogen and oxygen atoms in total. The van der Waals surface area contributed by atoms with E-state index in [1.165, 1.54) is 33.4 Å². The van der Waals surface area contributed by atoms with Crippen LogP contribution in [0.1, 0.15) is 39.3 Å². The molecule has 0 radical (unpaired) electrons. The number of thiol groups is 1. The summed E-state index contributed by atoms with van der Waals surface area (Å²) in [6.07, 6.45) is 0. The summed E-state index contributed by atoms with van der Waals surface area (Å²) in [5, 5.41) is 0. The molecule has 6 rings (SSSR count). The Balaban J connectivity index is 2.00. The molecular formula is C20H14S. The van der Waals surface area contributed by atoms with Crippen molar-refractivity contribution in [1.82, 2.24) is 0 Å². The molecule has 0 unspecified atom stereocenters. The summed E-state index contributed by atoms with van der Waals surface area (Å²) in [4.78, 5) is 0. The summed E-state index contributed by atoms with van der Waals surface area (Å²) in [6, 6.07) is 26.3. The van der Waals surface area contributed by atoms with Gasteiger partial charge < -0.3 is 0 Å². The minimum absolute atomic E-state index is 0.321. The van der Waals surface area contributed by atoms with Crippen LogP contribution < -0.4 is 0 Å². The van der Waals surface area contributed by atoms with Gasteiger partial charge in [-0.1, -0.05) is 72.8 Å². The highest BCUT2D eigenvalue weighted by molar-refractivity contribution is 7.81. The van der Waals surface area contributed by atoms with Crippen molar-refractivity contribution in [2.75, 3.05) is 0 Å². The smallest absolute Gasteiger partial charge is 0.0887 e. The van der Waals surface area contributed by atoms with Gasteiger partial charge in [0.25, 0.3) is 0 Å². The summed E-state index contributed by atoms with van der Waals surface area (Å²) >= 11 is 5.23. The highest BCUT2D eigenvalue weighted by atomic mass is 32.1. The Hall–Kier alpha value is -1.99. The first-order chi connectivity index (χ1) is 10.3. The van der Waals surface area contributed by atoms with E-state index >= 15 is 0 Å². The maximum Gasteiger partial charge on any atom is 0.0887 e. The van der Waals surface area contributed by atoms with Gasteiger partial charge in [0.1, 0.15) is 0 Å². The molecule has 3 aromatic rings. The van der Waals surface area contributed by atoms with Crippen LogP contribution in [0.2, 0.25) is 0 Å². The highest BCUT2D eigenvalue weighted by Gasteiger charge is 2.49. The molecule has 21 heavy (non-hydrogen) atoms. The summed E-state index contributed by atoms with van der Waals surface area (Å²) in [7, 11) is 0. The molecule has 0 aliphatic heterocycles. The van der Waals surface area contributed by atoms with E-state index in [2.05, 4.69) is 72.8 Å². The van der Waals surface area contributed by atoms with Gasteiger partial charge in [0.15, 0.2) is 0 Å². The lowest BCUT2D eigenvalue weighted by Crippen LogP contribution is -2.38. The molecule has 2 bridgehead atoms. The van der Waals surface area contributed by atoms with Gasteiger partial charge in [-0.3, -0.25) is 0 Å². The van der Waals surface area contributed by atoms with Crippen LogP contribution in [0.3, 0.4) is 0 Å². The fourth-order valence-corrected chi connectivity index (χ4v) is 4.78. The van der Waals surface area contributed by atoms with Gasteiger partial charge in [0.2, 0.25) is 0 Å². The molecule has 0 fully saturated rings. The standard InChI is InChI=1S/C20H14S/c21-20-16-10-4-1-7-13(16)19(14-8-2-5-11-17(14)20)15-9-3-6-12-18(15)20/h1-12,19,21H. The third-order valence-electron chi connectivity index (χ3n) is 4.98. The van der Waals surface area contributed by atoms with Gasteiger partial charge in [0, 0.05) is 5.92 Å². The zero-order valence-electron chi connectivity index (χ0n) is 11.5. The predicted molar refractivity (Wildman–Crippen MR) is 89.1 cm³/mol. The summed E-state index contributed by atoms with van der Waals surface area (Å²) in [5.41, 5.74) is 8.25. The Morgan fingerprint density at radius 3 is 1.29 bits per heavy atom. The van der Waals surface area contributed by atoms with Crippen LogP contribution in [0, 0.1) is 0 Å². The van der Waals surface area contributed by atoms with Gasteiger partial charge in [0.05, 0.1) is 4.75 Å². The third-order valence-corrected chi connectivity index (χ3v) is 5.71. The molecule has 0 aromatic heterocycles. The third kappa shape index (κ3) is 1.24. The average Bonchev–Trinajstić information content (AvgIpc) is 2.56. The lowest BCUT2D eigenvalue weighted by molar-refractivity contribution is 0.718. The molecule has 0 saturated heterocycles. The molecule has 3 aliphatic rings. The van der Waals surface area contributed by atoms with Crippen molar-refractivity contribution in [3.8, 4) is 0 Å². The molecular weight excluding hydrogens is 272 g/mol. The second kappa shape index (κ2) is 3.80. The minimum Gasteiger partial charge on any atom is -0.158 e. The Morgan fingerprint density at radius 2 is 0.905 bits per heavy atom. The minimum atomic E-state index is -0.321. The number of hydrogen-bond donors (Lipinski definition) is 1. The lowest BCUT2D eigenvalue weighted by atomic mass is 9.60. The molecule has 3 aromatic carbocycles. The van der Waals surface area contributed by atoms with E-state index < -0.39 is 0 Å². The number of hydrogen-bond acceptors (Lipinski definition) is 1. The Labute approximate surface area is 129 Å². The zero-order chi connectivity index (χ0) is 14.0. The van der Waals surface area contributed by atoms with Gasteiger partial charge in [-0.15, -0.1) is 0 Å². The first-order valence-corrected chi connectivity index (χ1v) is 7.77. The largest absolute Gasteiger partial charge is 0.158 e. The molecule has 1 heteroatoms. The van der Waals surface area contributed by atoms with Crippen molar-refractivity contribution in [3.05, 3.63) is 106 Å². The van der Waals surface area contributed by atoms with Crippen LogP contribution in [-0.4, -0.2) is 0 Å². The van der Waals surface area contributed by atoms with Crippen LogP contribution in [0.25, 0.3) is 0 Å². The summed E-state index contributed by atoms with van der Waals surface area (Å²) in [5.74, 6) is 0.350. The maximum absolute atomic E-state index is 5.23. The van der Waals surface area contributed by atoms with Crippen molar-refractivity contribution >= 4 is 12.6 Å². The molecule has 0 atom stereocenters. The molecule has 0 N–H and O–H groups in total. The molecule has 100 valence electrons. The van der Waals surface area contributed by atoms with Crippen LogP contribution in [0.4, 0.5) is 0 Å². The van der Waals surface area contributed by atoms with E-state index in [-0.39, 0.29) is 4.75 Å². The van der Waals surface area contributed by atoms with Gasteiger partial charge >= 0.3 is 0 Å². The molecule has 0 spiro atoms. The van der Waals surface area contributed by atoms with Gasteiger partial charge in [-0.05, 0) is 33.4 Å². The molecule has 0 heterocycles. The van der Waals surface area contributed by atoms with Gasteiger partial charge in [-0.2, -0.15) is 12.6 Å². The van der Waals surface area contributed by atoms with Crippen LogP contribution in [-0.2, 0) is 4.75 Å². The van der Waals surface area contributed by atoms with Crippen LogP contribution in [0.5, 0.6) is 0 Å². The number of rotatable bonds is 0. The Bertz CT molecular complexity index is 763. The van der Waals surface area contributed by atoms with Crippen molar-refractivity contribution < 1.29 is 0 Å². The first-order valence-electron chi connectivity index (χ1n) is 7.32. The van der Waals surface area contributed by atoms with Crippen molar-refractivity contribution in [2.45, 2.75) is 10.7 Å². The SMILES string of the molecule is SC12c3ccccc3C(c3ccccc31)c1ccccc12. The topological polar surface area (TPSA) is 0 Å². The average molecular weight is 286 g/mol. The first kappa shape index (κ1) is 11.6. The van der Waals surface area contributed by atoms with E-state index in [9.17, 15) is 0 Å². The quantitative estimate of drug-likeness (QED) is 0.568. The maximum atomic E-state index is 5.23. The highest BCUT2D eigenvalue weighted by Crippen LogP contribution is 2.60. The van der Waals surface area contributed by atoms with Crippen LogP contribution >= 0.6 is 12.6 Å². The van der Waals surface area contributed by atoms with Crippen LogP contribution in [0.15, 0.2) is 72.8 Å². The summed E-state index contributed by atoms with van der Waals surface area (Å²) in [6.45, 7) is 0. The van der Waals surface area contributed by atoms with Gasteiger partial charge in [-0.25, -0.2) is 0 Å². The monoisotopic (exact) mass is 286 g/mol. The summed E-state index contributed by atoms with van der Waals surface area (Å²) < 4.78 is -0.321. The Morgan fingerprint density at radius 1 is 0.571 bits per heavy atom. The normalized spacial score (nSPS) is 24.1. The number of benzene rings is 3. The predicted octanol–water partition coefficient (Wildman–Crippen LogP) is 4.72. The van der Waals surface area contributed by atoms with E-state index in [4.69, 9.17) is 12.6 Å². The lowest BCUT2D eigenvalue weighted by Gasteiger charge is -2.48. The zero-order valence-corrected chi connectivity index (χ0v) is 12.3. The molecule has 0 saturated carbocycles. The van der Waals surface area contributed by atoms with E-state index in [0.29, 0.717) is 5.92 Å².